The summed E-state index contributed by atoms with van der Waals surface area (Å²) in [7, 11) is 2.60. The molecule has 0 saturated heterocycles. The van der Waals surface area contributed by atoms with Gasteiger partial charge in [-0.3, -0.25) is 4.79 Å². The predicted octanol–water partition coefficient (Wildman–Crippen LogP) is -1.01. The van der Waals surface area contributed by atoms with E-state index in [1.165, 1.54) is 15.2 Å². The molecule has 0 amide bonds. The second kappa shape index (κ2) is 6.93. The van der Waals surface area contributed by atoms with Gasteiger partial charge in [0.05, 0.1) is 7.11 Å². The van der Waals surface area contributed by atoms with Gasteiger partial charge in [-0.05, 0) is 6.42 Å². The molecular weight excluding hydrogens is 189 g/mol. The van der Waals surface area contributed by atoms with E-state index in [4.69, 9.17) is 5.11 Å². The van der Waals surface area contributed by atoms with Gasteiger partial charge in [-0.2, -0.15) is 0 Å². The first-order chi connectivity index (χ1) is 6.61. The van der Waals surface area contributed by atoms with Gasteiger partial charge in [-0.1, -0.05) is 0 Å². The SMILES string of the molecule is BOC=N[C@@H](CCC(=O)O)C(=O)OC. The number of carbonyl (C=O) groups excluding carboxylic acids is 1. The van der Waals surface area contributed by atoms with E-state index < -0.39 is 18.0 Å². The first-order valence-corrected chi connectivity index (χ1v) is 3.96. The standard InChI is InChI=1S/C7H12BNO5/c1-13-7(12)5(9-4-14-8)2-3-6(10)11/h4-5H,2-3,8H2,1H3,(H,10,11)/t5-/m0/s1. The molecule has 0 bridgehead atoms. The van der Waals surface area contributed by atoms with Crippen molar-refractivity contribution in [3.05, 3.63) is 0 Å². The van der Waals surface area contributed by atoms with Gasteiger partial charge in [0, 0.05) is 6.42 Å². The lowest BCUT2D eigenvalue weighted by atomic mass is 10.2. The molecule has 0 aromatic rings. The smallest absolute Gasteiger partial charge is 0.330 e. The van der Waals surface area contributed by atoms with Crippen molar-refractivity contribution in [3.63, 3.8) is 0 Å². The van der Waals surface area contributed by atoms with E-state index in [1.54, 1.807) is 0 Å². The quantitative estimate of drug-likeness (QED) is 0.257. The third-order valence-electron chi connectivity index (χ3n) is 1.45. The lowest BCUT2D eigenvalue weighted by molar-refractivity contribution is -0.142. The number of hydrogen-bond donors (Lipinski definition) is 1. The monoisotopic (exact) mass is 201 g/mol. The van der Waals surface area contributed by atoms with Gasteiger partial charge in [-0.15, -0.1) is 0 Å². The summed E-state index contributed by atoms with van der Waals surface area (Å²) in [6.07, 6.45) is 1.05. The molecule has 0 aromatic carbocycles. The van der Waals surface area contributed by atoms with E-state index in [-0.39, 0.29) is 12.8 Å². The number of carbonyl (C=O) groups is 2. The number of esters is 1. The summed E-state index contributed by atoms with van der Waals surface area (Å²) in [5.41, 5.74) is 0. The minimum atomic E-state index is -0.980. The highest BCUT2D eigenvalue weighted by Gasteiger charge is 2.18. The van der Waals surface area contributed by atoms with Crippen LogP contribution in [0.5, 0.6) is 0 Å². The van der Waals surface area contributed by atoms with Crippen molar-refractivity contribution in [2.24, 2.45) is 4.99 Å². The molecule has 0 aromatic heterocycles. The van der Waals surface area contributed by atoms with E-state index in [9.17, 15) is 9.59 Å². The van der Waals surface area contributed by atoms with Crippen molar-refractivity contribution in [2.45, 2.75) is 18.9 Å². The number of ether oxygens (including phenoxy) is 1. The van der Waals surface area contributed by atoms with Gasteiger partial charge in [0.25, 0.3) is 0 Å². The first-order valence-electron chi connectivity index (χ1n) is 3.96. The van der Waals surface area contributed by atoms with Crippen LogP contribution in [0.15, 0.2) is 4.99 Å². The molecule has 0 spiro atoms. The van der Waals surface area contributed by atoms with Gasteiger partial charge in [0.1, 0.15) is 0 Å². The van der Waals surface area contributed by atoms with Gasteiger partial charge < -0.3 is 14.5 Å². The highest BCUT2D eigenvalue weighted by Crippen LogP contribution is 2.03. The third-order valence-corrected chi connectivity index (χ3v) is 1.45. The van der Waals surface area contributed by atoms with Crippen molar-refractivity contribution < 1.29 is 24.1 Å². The number of methoxy groups -OCH3 is 1. The van der Waals surface area contributed by atoms with Gasteiger partial charge >= 0.3 is 20.0 Å². The molecule has 1 N–H and O–H groups in total. The van der Waals surface area contributed by atoms with E-state index in [2.05, 4.69) is 14.4 Å². The van der Waals surface area contributed by atoms with Gasteiger partial charge in [0.2, 0.25) is 0 Å². The topological polar surface area (TPSA) is 85.2 Å². The van der Waals surface area contributed by atoms with Crippen LogP contribution < -0.4 is 0 Å². The van der Waals surface area contributed by atoms with Crippen LogP contribution in [0.1, 0.15) is 12.8 Å². The molecule has 0 aliphatic carbocycles. The van der Waals surface area contributed by atoms with Crippen LogP contribution in [0.2, 0.25) is 0 Å². The van der Waals surface area contributed by atoms with E-state index in [0.29, 0.717) is 0 Å². The fourth-order valence-electron chi connectivity index (χ4n) is 0.784. The van der Waals surface area contributed by atoms with E-state index in [1.807, 2.05) is 0 Å². The lowest BCUT2D eigenvalue weighted by Gasteiger charge is -2.07. The summed E-state index contributed by atoms with van der Waals surface area (Å²) >= 11 is 0. The molecule has 6 nitrogen and oxygen atoms in total. The Morgan fingerprint density at radius 2 is 2.29 bits per heavy atom. The minimum absolute atomic E-state index is 0.0991. The number of nitrogens with zero attached hydrogens (tertiary/aromatic N) is 1. The lowest BCUT2D eigenvalue weighted by Crippen LogP contribution is -2.21. The Kier molecular flexibility index (Phi) is 6.18. The van der Waals surface area contributed by atoms with Crippen LogP contribution in [0.25, 0.3) is 0 Å². The summed E-state index contributed by atoms with van der Waals surface area (Å²) in [5.74, 6) is -1.55. The summed E-state index contributed by atoms with van der Waals surface area (Å²) in [6, 6.07) is -0.809. The number of carboxylic acid groups (broad SMARTS) is 1. The third kappa shape index (κ3) is 5.18. The minimum Gasteiger partial charge on any atom is -0.560 e. The van der Waals surface area contributed by atoms with Gasteiger partial charge in [-0.25, -0.2) is 9.79 Å². The zero-order chi connectivity index (χ0) is 11.0. The largest absolute Gasteiger partial charge is 0.560 e. The molecular formula is C7H12BNO5. The second-order valence-electron chi connectivity index (χ2n) is 2.46. The van der Waals surface area contributed by atoms with Crippen LogP contribution in [0.4, 0.5) is 0 Å². The maximum Gasteiger partial charge on any atom is 0.330 e. The Hall–Kier alpha value is -1.53. The molecule has 0 aliphatic heterocycles. The maximum atomic E-state index is 11.0. The number of hydrogen-bond acceptors (Lipinski definition) is 5. The molecule has 0 unspecified atom stereocenters. The van der Waals surface area contributed by atoms with E-state index >= 15 is 0 Å². The average Bonchev–Trinajstić information content (AvgIpc) is 2.16. The predicted molar refractivity (Wildman–Crippen MR) is 50.8 cm³/mol. The van der Waals surface area contributed by atoms with Crippen molar-refractivity contribution in [3.8, 4) is 0 Å². The highest BCUT2D eigenvalue weighted by molar-refractivity contribution is 6.02. The molecule has 14 heavy (non-hydrogen) atoms. The fraction of sp³-hybridized carbons (Fsp3) is 0.571. The molecule has 0 radical (unpaired) electrons. The maximum absolute atomic E-state index is 11.0. The summed E-state index contributed by atoms with van der Waals surface area (Å²) in [4.78, 5) is 25.0. The van der Waals surface area contributed by atoms with Gasteiger partial charge in [0.15, 0.2) is 12.4 Å². The molecule has 0 aliphatic rings. The summed E-state index contributed by atoms with van der Waals surface area (Å²) in [5, 5.41) is 8.41. The van der Waals surface area contributed by atoms with Crippen LogP contribution in [0.3, 0.4) is 0 Å². The Morgan fingerprint density at radius 1 is 1.64 bits per heavy atom. The Balaban J connectivity index is 4.17. The normalized spacial score (nSPS) is 12.4. The van der Waals surface area contributed by atoms with Crippen molar-refractivity contribution in [1.29, 1.82) is 0 Å². The van der Waals surface area contributed by atoms with Crippen molar-refractivity contribution in [2.75, 3.05) is 7.11 Å². The zero-order valence-electron chi connectivity index (χ0n) is 8.10. The molecule has 1 atom stereocenters. The highest BCUT2D eigenvalue weighted by atomic mass is 16.5. The first kappa shape index (κ1) is 12.5. The Morgan fingerprint density at radius 3 is 2.71 bits per heavy atom. The number of aliphatic carboxylic acids is 1. The molecule has 0 rings (SSSR count). The Bertz CT molecular complexity index is 230. The van der Waals surface area contributed by atoms with Crippen LogP contribution >= 0.6 is 0 Å². The van der Waals surface area contributed by atoms with Crippen molar-refractivity contribution >= 4 is 26.4 Å². The zero-order valence-corrected chi connectivity index (χ0v) is 8.10. The van der Waals surface area contributed by atoms with Crippen LogP contribution in [0, 0.1) is 0 Å². The van der Waals surface area contributed by atoms with Crippen molar-refractivity contribution in [1.82, 2.24) is 0 Å². The molecule has 0 fully saturated rings. The summed E-state index contributed by atoms with van der Waals surface area (Å²) in [6.45, 7) is 0. The number of rotatable bonds is 6. The average molecular weight is 201 g/mol. The number of aliphatic imine (C=N–C) groups is 1. The molecule has 78 valence electrons. The fourth-order valence-corrected chi connectivity index (χ4v) is 0.784. The van der Waals surface area contributed by atoms with Crippen LogP contribution in [-0.2, 0) is 19.0 Å². The molecule has 7 heteroatoms. The van der Waals surface area contributed by atoms with Crippen LogP contribution in [-0.4, -0.2) is 44.6 Å². The Labute approximate surface area is 82.4 Å². The number of carboxylic acids is 1. The second-order valence-corrected chi connectivity index (χ2v) is 2.46. The summed E-state index contributed by atoms with van der Waals surface area (Å²) < 4.78 is 8.97. The van der Waals surface area contributed by atoms with E-state index in [0.717, 1.165) is 6.40 Å². The molecule has 0 heterocycles. The molecule has 0 saturated carbocycles.